The Morgan fingerprint density at radius 2 is 1.93 bits per heavy atom. The molecule has 2 aromatic heterocycles. The van der Waals surface area contributed by atoms with E-state index in [1.807, 2.05) is 6.07 Å². The zero-order chi connectivity index (χ0) is 21.2. The summed E-state index contributed by atoms with van der Waals surface area (Å²) in [7, 11) is -2.53. The Morgan fingerprint density at radius 1 is 1.24 bits per heavy atom. The van der Waals surface area contributed by atoms with Crippen molar-refractivity contribution in [3.63, 3.8) is 0 Å². The van der Waals surface area contributed by atoms with Crippen LogP contribution in [0.15, 0.2) is 59.4 Å². The number of nitrogens with zero attached hydrogens (tertiary/aromatic N) is 2. The number of rotatable bonds is 6. The molecule has 0 radical (unpaired) electrons. The molecule has 8 nitrogen and oxygen atoms in total. The van der Waals surface area contributed by atoms with Crippen LogP contribution in [0.25, 0.3) is 17.5 Å². The molecule has 0 saturated heterocycles. The Morgan fingerprint density at radius 3 is 2.52 bits per heavy atom. The first kappa shape index (κ1) is 20.8. The highest BCUT2D eigenvalue weighted by Crippen LogP contribution is 2.56. The second-order valence-corrected chi connectivity index (χ2v) is 9.26. The largest absolute Gasteiger partial charge is 0.463 e. The second kappa shape index (κ2) is 7.83. The van der Waals surface area contributed by atoms with Crippen molar-refractivity contribution in [1.82, 2.24) is 9.78 Å². The van der Waals surface area contributed by atoms with Crippen LogP contribution >= 0.6 is 7.60 Å². The summed E-state index contributed by atoms with van der Waals surface area (Å²) in [6.45, 7) is 2.96. The average Bonchev–Trinajstić information content (AvgIpc) is 3.29. The van der Waals surface area contributed by atoms with Gasteiger partial charge < -0.3 is 19.5 Å². The van der Waals surface area contributed by atoms with Gasteiger partial charge in [0.1, 0.15) is 5.69 Å². The molecule has 3 N–H and O–H groups in total. The molecule has 1 amide bonds. The average molecular weight is 415 g/mol. The normalized spacial score (nSPS) is 12.4. The topological polar surface area (TPSA) is 118 Å². The molecule has 0 saturated carbocycles. The predicted octanol–water partition coefficient (Wildman–Crippen LogP) is 3.74. The number of aromatic nitrogens is 2. The van der Waals surface area contributed by atoms with Crippen molar-refractivity contribution >= 4 is 25.3 Å². The van der Waals surface area contributed by atoms with Gasteiger partial charge in [-0.2, -0.15) is 5.10 Å². The van der Waals surface area contributed by atoms with Crippen LogP contribution in [0, 0.1) is 0 Å². The number of carbonyl (C=O) groups is 1. The highest BCUT2D eigenvalue weighted by atomic mass is 31.2. The molecule has 0 unspecified atom stereocenters. The zero-order valence-corrected chi connectivity index (χ0v) is 17.1. The number of nitrogens with one attached hydrogen (secondary N) is 1. The Bertz CT molecular complexity index is 1080. The SMILES string of the molecule is Cn1ncc(/C=C/C(=O)Nc2ccc(C(C)(C)P(=O)(O)O)cc2)c1-c1ccco1. The maximum absolute atomic E-state index is 12.3. The van der Waals surface area contributed by atoms with Crippen molar-refractivity contribution in [3.05, 3.63) is 66.1 Å². The van der Waals surface area contributed by atoms with Gasteiger partial charge in [0.15, 0.2) is 5.76 Å². The lowest BCUT2D eigenvalue weighted by molar-refractivity contribution is -0.111. The van der Waals surface area contributed by atoms with Gasteiger partial charge in [0.05, 0.1) is 17.6 Å². The lowest BCUT2D eigenvalue weighted by Crippen LogP contribution is -2.17. The number of anilines is 1. The van der Waals surface area contributed by atoms with Gasteiger partial charge >= 0.3 is 7.60 Å². The Balaban J connectivity index is 1.72. The molecule has 0 atom stereocenters. The molecule has 0 spiro atoms. The fourth-order valence-electron chi connectivity index (χ4n) is 2.77. The predicted molar refractivity (Wildman–Crippen MR) is 110 cm³/mol. The maximum atomic E-state index is 12.3. The molecule has 29 heavy (non-hydrogen) atoms. The molecule has 0 aliphatic heterocycles. The fraction of sp³-hybridized carbons (Fsp3) is 0.200. The summed E-state index contributed by atoms with van der Waals surface area (Å²) in [6.07, 6.45) is 6.24. The van der Waals surface area contributed by atoms with E-state index in [1.165, 1.54) is 19.9 Å². The molecular formula is C20H22N3O5P. The minimum Gasteiger partial charge on any atom is -0.463 e. The second-order valence-electron chi connectivity index (χ2n) is 7.05. The van der Waals surface area contributed by atoms with Crippen LogP contribution in [0.4, 0.5) is 5.69 Å². The maximum Gasteiger partial charge on any atom is 0.335 e. The van der Waals surface area contributed by atoms with Crippen LogP contribution in [0.3, 0.4) is 0 Å². The van der Waals surface area contributed by atoms with E-state index < -0.39 is 12.8 Å². The Labute approximate surface area is 168 Å². The van der Waals surface area contributed by atoms with E-state index in [1.54, 1.807) is 60.6 Å². The summed E-state index contributed by atoms with van der Waals surface area (Å²) in [5, 5.41) is 5.61. The molecule has 3 aromatic rings. The number of hydrogen-bond donors (Lipinski definition) is 3. The standard InChI is InChI=1S/C20H22N3O5P/c1-20(2,29(25,26)27)15-7-9-16(10-8-15)22-18(24)11-6-14-13-21-23(3)19(14)17-5-4-12-28-17/h4-13H,1-3H3,(H,22,24)(H2,25,26,27)/b11-6+. The Hall–Kier alpha value is -2.93. The first-order valence-corrected chi connectivity index (χ1v) is 10.4. The lowest BCUT2D eigenvalue weighted by Gasteiger charge is -2.26. The molecular weight excluding hydrogens is 393 g/mol. The van der Waals surface area contributed by atoms with Gasteiger partial charge in [-0.1, -0.05) is 12.1 Å². The first-order chi connectivity index (χ1) is 13.6. The lowest BCUT2D eigenvalue weighted by atomic mass is 10.0. The number of benzene rings is 1. The van der Waals surface area contributed by atoms with Gasteiger partial charge in [-0.25, -0.2) is 0 Å². The first-order valence-electron chi connectivity index (χ1n) is 8.81. The van der Waals surface area contributed by atoms with Crippen molar-refractivity contribution in [2.75, 3.05) is 5.32 Å². The third-order valence-corrected chi connectivity index (χ3v) is 6.44. The molecule has 152 valence electrons. The van der Waals surface area contributed by atoms with Crippen molar-refractivity contribution < 1.29 is 23.6 Å². The summed E-state index contributed by atoms with van der Waals surface area (Å²) in [4.78, 5) is 31.3. The Kier molecular flexibility index (Phi) is 5.61. The van der Waals surface area contributed by atoms with Crippen LogP contribution < -0.4 is 5.32 Å². The van der Waals surface area contributed by atoms with E-state index in [4.69, 9.17) is 4.42 Å². The van der Waals surface area contributed by atoms with Gasteiger partial charge in [-0.05, 0) is 49.8 Å². The van der Waals surface area contributed by atoms with Crippen LogP contribution in [0.1, 0.15) is 25.0 Å². The molecule has 1 aromatic carbocycles. The smallest absolute Gasteiger partial charge is 0.335 e. The minimum absolute atomic E-state index is 0.346. The van der Waals surface area contributed by atoms with Gasteiger partial charge in [-0.15, -0.1) is 0 Å². The zero-order valence-electron chi connectivity index (χ0n) is 16.2. The summed E-state index contributed by atoms with van der Waals surface area (Å²) >= 11 is 0. The van der Waals surface area contributed by atoms with Crippen molar-refractivity contribution in [2.24, 2.45) is 7.05 Å². The number of carbonyl (C=O) groups excluding carboxylic acids is 1. The molecule has 2 heterocycles. The van der Waals surface area contributed by atoms with E-state index >= 15 is 0 Å². The van der Waals surface area contributed by atoms with Crippen molar-refractivity contribution in [3.8, 4) is 11.5 Å². The third kappa shape index (κ3) is 4.40. The van der Waals surface area contributed by atoms with E-state index in [9.17, 15) is 19.1 Å². The van der Waals surface area contributed by atoms with Crippen molar-refractivity contribution in [1.29, 1.82) is 0 Å². The quantitative estimate of drug-likeness (QED) is 0.417. The number of furan rings is 1. The van der Waals surface area contributed by atoms with E-state index in [0.29, 0.717) is 17.0 Å². The minimum atomic E-state index is -4.32. The van der Waals surface area contributed by atoms with E-state index in [2.05, 4.69) is 10.4 Å². The van der Waals surface area contributed by atoms with Crippen LogP contribution in [-0.4, -0.2) is 25.5 Å². The number of hydrogen-bond acceptors (Lipinski definition) is 4. The summed E-state index contributed by atoms with van der Waals surface area (Å²) in [5.41, 5.74) is 2.49. The molecule has 0 aliphatic rings. The molecule has 0 aliphatic carbocycles. The summed E-state index contributed by atoms with van der Waals surface area (Å²) in [6, 6.07) is 9.99. The van der Waals surface area contributed by atoms with E-state index in [-0.39, 0.29) is 5.91 Å². The van der Waals surface area contributed by atoms with Crippen LogP contribution in [0.2, 0.25) is 0 Å². The summed E-state index contributed by atoms with van der Waals surface area (Å²) in [5.74, 6) is 0.301. The summed E-state index contributed by atoms with van der Waals surface area (Å²) < 4.78 is 18.7. The number of amides is 1. The van der Waals surface area contributed by atoms with Gasteiger partial charge in [0.25, 0.3) is 0 Å². The monoisotopic (exact) mass is 415 g/mol. The number of aryl methyl sites for hydroxylation is 1. The molecule has 9 heteroatoms. The van der Waals surface area contributed by atoms with Crippen LogP contribution in [0.5, 0.6) is 0 Å². The van der Waals surface area contributed by atoms with Gasteiger partial charge in [0, 0.05) is 24.4 Å². The highest BCUT2D eigenvalue weighted by Gasteiger charge is 2.39. The molecule has 0 bridgehead atoms. The van der Waals surface area contributed by atoms with E-state index in [0.717, 1.165) is 11.3 Å². The molecule has 3 rings (SSSR count). The van der Waals surface area contributed by atoms with Crippen molar-refractivity contribution in [2.45, 2.75) is 19.0 Å². The molecule has 0 fully saturated rings. The van der Waals surface area contributed by atoms with Crippen LogP contribution in [-0.2, 0) is 21.6 Å². The van der Waals surface area contributed by atoms with Gasteiger partial charge in [0.2, 0.25) is 5.91 Å². The third-order valence-electron chi connectivity index (χ3n) is 4.72. The fourth-order valence-corrected chi connectivity index (χ4v) is 3.26. The van der Waals surface area contributed by atoms with Gasteiger partial charge in [-0.3, -0.25) is 14.0 Å². The highest BCUT2D eigenvalue weighted by molar-refractivity contribution is 7.53.